The Balaban J connectivity index is 2.03. The number of nitrogens with zero attached hydrogens (tertiary/aromatic N) is 1. The molecule has 5 heteroatoms. The summed E-state index contributed by atoms with van der Waals surface area (Å²) in [4.78, 5) is 13.6. The molecule has 90 valence electrons. The summed E-state index contributed by atoms with van der Waals surface area (Å²) in [6.07, 6.45) is 1.39. The molecule has 4 nitrogen and oxygen atoms in total. The molecule has 2 N–H and O–H groups in total. The number of anilines is 2. The molecule has 17 heavy (non-hydrogen) atoms. The van der Waals surface area contributed by atoms with E-state index in [9.17, 15) is 9.90 Å². The van der Waals surface area contributed by atoms with E-state index in [-0.39, 0.29) is 5.91 Å². The van der Waals surface area contributed by atoms with Crippen molar-refractivity contribution in [2.75, 3.05) is 17.3 Å². The second-order valence-electron chi connectivity index (χ2n) is 4.62. The van der Waals surface area contributed by atoms with Crippen molar-refractivity contribution in [3.05, 3.63) is 22.2 Å². The lowest BCUT2D eigenvalue weighted by atomic mass is 10.1. The molecule has 1 fully saturated rings. The highest BCUT2D eigenvalue weighted by Gasteiger charge is 2.32. The molecule has 1 atom stereocenters. The number of nitrogens with one attached hydrogen (secondary N) is 1. The molecule has 1 saturated carbocycles. The van der Waals surface area contributed by atoms with E-state index in [1.165, 1.54) is 12.8 Å². The van der Waals surface area contributed by atoms with Crippen LogP contribution in [0.3, 0.4) is 0 Å². The second-order valence-corrected chi connectivity index (χ2v) is 5.48. The maximum Gasteiger partial charge on any atom is 0.257 e. The Morgan fingerprint density at radius 2 is 2.18 bits per heavy atom. The number of rotatable bonds is 2. The first kappa shape index (κ1) is 11.0. The highest BCUT2D eigenvalue weighted by Crippen LogP contribution is 2.41. The Kier molecular flexibility index (Phi) is 2.41. The Labute approximate surface area is 108 Å². The van der Waals surface area contributed by atoms with Crippen LogP contribution in [0.4, 0.5) is 11.4 Å². The van der Waals surface area contributed by atoms with Crippen molar-refractivity contribution in [2.45, 2.75) is 25.0 Å². The van der Waals surface area contributed by atoms with Gasteiger partial charge in [0.15, 0.2) is 6.10 Å². The van der Waals surface area contributed by atoms with E-state index in [0.29, 0.717) is 17.3 Å². The van der Waals surface area contributed by atoms with E-state index in [0.717, 1.165) is 10.2 Å². The number of aliphatic hydroxyl groups is 1. The number of fused-ring (bicyclic) bond motifs is 1. The van der Waals surface area contributed by atoms with E-state index < -0.39 is 6.10 Å². The molecule has 1 unspecified atom stereocenters. The minimum Gasteiger partial charge on any atom is -0.378 e. The van der Waals surface area contributed by atoms with Crippen molar-refractivity contribution >= 4 is 33.2 Å². The molecule has 0 bridgehead atoms. The lowest BCUT2D eigenvalue weighted by Gasteiger charge is -2.21. The fraction of sp³-hybridized carbons (Fsp3) is 0.417. The molecule has 0 radical (unpaired) electrons. The molecule has 1 aromatic carbocycles. The van der Waals surface area contributed by atoms with Gasteiger partial charge in [-0.05, 0) is 40.9 Å². The first-order valence-electron chi connectivity index (χ1n) is 5.63. The van der Waals surface area contributed by atoms with Crippen LogP contribution in [0, 0.1) is 0 Å². The third kappa shape index (κ3) is 1.73. The predicted octanol–water partition coefficient (Wildman–Crippen LogP) is 2.03. The topological polar surface area (TPSA) is 52.6 Å². The van der Waals surface area contributed by atoms with Gasteiger partial charge < -0.3 is 15.3 Å². The molecule has 2 aliphatic rings. The smallest absolute Gasteiger partial charge is 0.257 e. The highest BCUT2D eigenvalue weighted by molar-refractivity contribution is 9.10. The predicted molar refractivity (Wildman–Crippen MR) is 69.2 cm³/mol. The molecule has 1 aromatic rings. The summed E-state index contributed by atoms with van der Waals surface area (Å²) in [7, 11) is 2.05. The quantitative estimate of drug-likeness (QED) is 0.878. The van der Waals surface area contributed by atoms with Crippen molar-refractivity contribution in [3.8, 4) is 0 Å². The normalized spacial score (nSPS) is 22.3. The number of carbonyl (C=O) groups excluding carboxylic acids is 1. The van der Waals surface area contributed by atoms with Gasteiger partial charge >= 0.3 is 0 Å². The van der Waals surface area contributed by atoms with Crippen molar-refractivity contribution in [1.82, 2.24) is 0 Å². The Morgan fingerprint density at radius 1 is 1.47 bits per heavy atom. The van der Waals surface area contributed by atoms with Gasteiger partial charge in [0.1, 0.15) is 0 Å². The lowest BCUT2D eigenvalue weighted by molar-refractivity contribution is -0.123. The molecule has 1 aliphatic heterocycles. The number of amides is 1. The van der Waals surface area contributed by atoms with Crippen LogP contribution >= 0.6 is 15.9 Å². The summed E-state index contributed by atoms with van der Waals surface area (Å²) in [5, 5.41) is 12.4. The van der Waals surface area contributed by atoms with Crippen LogP contribution < -0.4 is 10.2 Å². The zero-order valence-corrected chi connectivity index (χ0v) is 11.0. The fourth-order valence-corrected chi connectivity index (χ4v) is 2.82. The first-order chi connectivity index (χ1) is 8.08. The van der Waals surface area contributed by atoms with Crippen LogP contribution in [-0.4, -0.2) is 24.1 Å². The molecule has 0 saturated heterocycles. The number of aliphatic hydroxyl groups excluding tert-OH is 1. The summed E-state index contributed by atoms with van der Waals surface area (Å²) in [5.41, 5.74) is 2.42. The van der Waals surface area contributed by atoms with Gasteiger partial charge in [-0.1, -0.05) is 0 Å². The summed E-state index contributed by atoms with van der Waals surface area (Å²) in [6, 6.07) is 4.35. The molecule has 3 rings (SSSR count). The summed E-state index contributed by atoms with van der Waals surface area (Å²) in [6.45, 7) is 0. The fourth-order valence-electron chi connectivity index (χ4n) is 2.18. The average molecular weight is 297 g/mol. The van der Waals surface area contributed by atoms with E-state index in [1.807, 2.05) is 12.1 Å². The van der Waals surface area contributed by atoms with Crippen LogP contribution in [0.25, 0.3) is 0 Å². The standard InChI is InChI=1S/C12H13BrN2O2/c1-15(6-2-3-6)10-5-9-7(4-8(10)13)11(16)12(17)14-9/h4-6,11,16H,2-3H2,1H3,(H,14,17). The van der Waals surface area contributed by atoms with Gasteiger partial charge in [-0.2, -0.15) is 0 Å². The van der Waals surface area contributed by atoms with Gasteiger partial charge in [0.2, 0.25) is 0 Å². The van der Waals surface area contributed by atoms with Crippen molar-refractivity contribution < 1.29 is 9.90 Å². The molecule has 1 amide bonds. The van der Waals surface area contributed by atoms with Crippen molar-refractivity contribution in [3.63, 3.8) is 0 Å². The van der Waals surface area contributed by atoms with E-state index in [4.69, 9.17) is 0 Å². The molecular formula is C12H13BrN2O2. The van der Waals surface area contributed by atoms with Crippen LogP contribution in [0.2, 0.25) is 0 Å². The van der Waals surface area contributed by atoms with Crippen molar-refractivity contribution in [2.24, 2.45) is 0 Å². The minimum absolute atomic E-state index is 0.349. The van der Waals surface area contributed by atoms with Crippen LogP contribution in [-0.2, 0) is 4.79 Å². The Hall–Kier alpha value is -1.07. The molecule has 1 heterocycles. The number of benzene rings is 1. The zero-order chi connectivity index (χ0) is 12.2. The zero-order valence-electron chi connectivity index (χ0n) is 9.40. The maximum absolute atomic E-state index is 11.4. The third-order valence-electron chi connectivity index (χ3n) is 3.39. The van der Waals surface area contributed by atoms with Gasteiger partial charge in [0, 0.05) is 28.8 Å². The van der Waals surface area contributed by atoms with Gasteiger partial charge in [0.05, 0.1) is 5.69 Å². The van der Waals surface area contributed by atoms with Gasteiger partial charge in [-0.15, -0.1) is 0 Å². The van der Waals surface area contributed by atoms with E-state index >= 15 is 0 Å². The summed E-state index contributed by atoms with van der Waals surface area (Å²) >= 11 is 3.50. The maximum atomic E-state index is 11.4. The van der Waals surface area contributed by atoms with E-state index in [1.54, 1.807) is 0 Å². The second kappa shape index (κ2) is 3.71. The van der Waals surface area contributed by atoms with Gasteiger partial charge in [0.25, 0.3) is 5.91 Å². The lowest BCUT2D eigenvalue weighted by Crippen LogP contribution is -2.19. The molecule has 0 spiro atoms. The average Bonchev–Trinajstić information content (AvgIpc) is 3.09. The number of carbonyl (C=O) groups is 1. The summed E-state index contributed by atoms with van der Waals surface area (Å²) < 4.78 is 0.918. The van der Waals surface area contributed by atoms with Crippen molar-refractivity contribution in [1.29, 1.82) is 0 Å². The van der Waals surface area contributed by atoms with Gasteiger partial charge in [-0.25, -0.2) is 0 Å². The van der Waals surface area contributed by atoms with E-state index in [2.05, 4.69) is 33.2 Å². The number of hydrogen-bond donors (Lipinski definition) is 2. The number of halogens is 1. The van der Waals surface area contributed by atoms with Crippen LogP contribution in [0.5, 0.6) is 0 Å². The third-order valence-corrected chi connectivity index (χ3v) is 4.03. The van der Waals surface area contributed by atoms with Gasteiger partial charge in [-0.3, -0.25) is 4.79 Å². The minimum atomic E-state index is -1.04. The molecular weight excluding hydrogens is 284 g/mol. The SMILES string of the molecule is CN(c1cc2c(cc1Br)C(O)C(=O)N2)C1CC1. The Morgan fingerprint density at radius 3 is 2.82 bits per heavy atom. The Bertz CT molecular complexity index is 500. The van der Waals surface area contributed by atoms with Crippen LogP contribution in [0.15, 0.2) is 16.6 Å². The highest BCUT2D eigenvalue weighted by atomic mass is 79.9. The molecule has 0 aromatic heterocycles. The largest absolute Gasteiger partial charge is 0.378 e. The van der Waals surface area contributed by atoms with Crippen LogP contribution in [0.1, 0.15) is 24.5 Å². The summed E-state index contributed by atoms with van der Waals surface area (Å²) in [5.74, 6) is -0.349. The molecule has 1 aliphatic carbocycles. The number of hydrogen-bond acceptors (Lipinski definition) is 3. The first-order valence-corrected chi connectivity index (χ1v) is 6.42. The monoisotopic (exact) mass is 296 g/mol.